The van der Waals surface area contributed by atoms with E-state index >= 15 is 0 Å². The highest BCUT2D eigenvalue weighted by molar-refractivity contribution is 7.20. The van der Waals surface area contributed by atoms with Gasteiger partial charge in [0.1, 0.15) is 21.2 Å². The molecule has 7 rings (SSSR count). The van der Waals surface area contributed by atoms with Gasteiger partial charge in [-0.3, -0.25) is 9.88 Å². The third kappa shape index (κ3) is 5.06. The molecular weight excluding hydrogens is 576 g/mol. The number of halogens is 1. The Hall–Kier alpha value is -3.44. The van der Waals surface area contributed by atoms with Crippen LogP contribution in [0.1, 0.15) is 53.4 Å². The summed E-state index contributed by atoms with van der Waals surface area (Å²) in [6.45, 7) is 7.93. The monoisotopic (exact) mass is 606 g/mol. The summed E-state index contributed by atoms with van der Waals surface area (Å²) in [6, 6.07) is 11.5. The minimum atomic E-state index is -1.02. The average molecular weight is 607 g/mol. The Morgan fingerprint density at radius 2 is 2.14 bits per heavy atom. The summed E-state index contributed by atoms with van der Waals surface area (Å²) >= 11 is 7.43. The fourth-order valence-corrected chi connectivity index (χ4v) is 6.71. The third-order valence-electron chi connectivity index (χ3n) is 7.96. The number of nitrogens with zero attached hydrogens (tertiary/aromatic N) is 4. The molecular formula is C31H31ClN4O5S. The fraction of sp³-hybridized carbons (Fsp3) is 0.387. The molecule has 0 aliphatic carbocycles. The zero-order valence-electron chi connectivity index (χ0n) is 23.5. The minimum Gasteiger partial charge on any atom is -0.462 e. The zero-order valence-corrected chi connectivity index (χ0v) is 25.0. The fourth-order valence-electron chi connectivity index (χ4n) is 5.65. The number of aromatic nitrogens is 3. The van der Waals surface area contributed by atoms with Crippen molar-refractivity contribution in [3.63, 3.8) is 0 Å². The molecule has 2 atom stereocenters. The first kappa shape index (κ1) is 27.4. The van der Waals surface area contributed by atoms with Gasteiger partial charge in [0, 0.05) is 38.4 Å². The highest BCUT2D eigenvalue weighted by Gasteiger charge is 2.41. The molecule has 0 amide bonds. The van der Waals surface area contributed by atoms with Gasteiger partial charge >= 0.3 is 5.97 Å². The number of fused-ring (bicyclic) bond motifs is 2. The SMILES string of the molecule is CCOC(=O)c1cc2c(nc(CN3CC=C(c4cccc5c4O[C@@](C)(c4ccc(Cl)cn4)O5)CC3)n2C[C@@H]2CCO2)s1. The number of hydrogen-bond acceptors (Lipinski definition) is 9. The number of ether oxygens (including phenoxy) is 4. The lowest BCUT2D eigenvalue weighted by molar-refractivity contribution is -0.0718. The number of carbonyl (C=O) groups is 1. The van der Waals surface area contributed by atoms with Crippen molar-refractivity contribution >= 4 is 44.8 Å². The van der Waals surface area contributed by atoms with Crippen LogP contribution < -0.4 is 9.47 Å². The van der Waals surface area contributed by atoms with E-state index in [2.05, 4.69) is 26.6 Å². The van der Waals surface area contributed by atoms with Crippen LogP contribution in [-0.4, -0.2) is 57.8 Å². The van der Waals surface area contributed by atoms with Gasteiger partial charge in [-0.2, -0.15) is 0 Å². The number of hydrogen-bond donors (Lipinski definition) is 0. The molecule has 1 aromatic carbocycles. The Balaban J connectivity index is 1.09. The van der Waals surface area contributed by atoms with Crippen LogP contribution in [0.2, 0.25) is 5.02 Å². The van der Waals surface area contributed by atoms with E-state index in [4.69, 9.17) is 35.5 Å². The van der Waals surface area contributed by atoms with Crippen LogP contribution in [-0.2, 0) is 28.4 Å². The second kappa shape index (κ2) is 11.0. The van der Waals surface area contributed by atoms with Gasteiger partial charge in [-0.25, -0.2) is 9.78 Å². The summed E-state index contributed by atoms with van der Waals surface area (Å²) in [5.74, 6) is 1.12. The molecule has 0 saturated carbocycles. The van der Waals surface area contributed by atoms with Crippen molar-refractivity contribution in [1.29, 1.82) is 0 Å². The molecule has 11 heteroatoms. The zero-order chi connectivity index (χ0) is 28.8. The summed E-state index contributed by atoms with van der Waals surface area (Å²) in [5, 5.41) is 0.565. The first-order valence-electron chi connectivity index (χ1n) is 14.2. The van der Waals surface area contributed by atoms with Crippen molar-refractivity contribution in [1.82, 2.24) is 19.4 Å². The summed E-state index contributed by atoms with van der Waals surface area (Å²) < 4.78 is 25.9. The van der Waals surface area contributed by atoms with Crippen LogP contribution in [0.25, 0.3) is 15.9 Å². The van der Waals surface area contributed by atoms with Crippen molar-refractivity contribution in [2.24, 2.45) is 0 Å². The Kier molecular flexibility index (Phi) is 7.17. The quantitative estimate of drug-likeness (QED) is 0.224. The first-order chi connectivity index (χ1) is 20.4. The van der Waals surface area contributed by atoms with E-state index in [1.54, 1.807) is 12.3 Å². The maximum absolute atomic E-state index is 12.3. The number of pyridine rings is 1. The number of benzene rings is 1. The van der Waals surface area contributed by atoms with Crippen LogP contribution in [0.3, 0.4) is 0 Å². The molecule has 0 spiro atoms. The molecule has 1 saturated heterocycles. The average Bonchev–Trinajstić information content (AvgIpc) is 3.62. The summed E-state index contributed by atoms with van der Waals surface area (Å²) in [7, 11) is 0. The second-order valence-electron chi connectivity index (χ2n) is 10.8. The van der Waals surface area contributed by atoms with Gasteiger partial charge in [0.25, 0.3) is 5.79 Å². The molecule has 42 heavy (non-hydrogen) atoms. The lowest BCUT2D eigenvalue weighted by Crippen LogP contribution is -2.33. The number of thiophene rings is 1. The van der Waals surface area contributed by atoms with Gasteiger partial charge in [0.2, 0.25) is 0 Å². The molecule has 6 heterocycles. The van der Waals surface area contributed by atoms with Crippen LogP contribution in [0, 0.1) is 0 Å². The molecule has 218 valence electrons. The van der Waals surface area contributed by atoms with E-state index < -0.39 is 5.79 Å². The van der Waals surface area contributed by atoms with Gasteiger partial charge in [0.15, 0.2) is 11.5 Å². The van der Waals surface area contributed by atoms with Crippen molar-refractivity contribution in [2.45, 2.75) is 51.7 Å². The van der Waals surface area contributed by atoms with Crippen LogP contribution in [0.4, 0.5) is 0 Å². The van der Waals surface area contributed by atoms with Crippen molar-refractivity contribution in [3.8, 4) is 11.5 Å². The Morgan fingerprint density at radius 3 is 2.86 bits per heavy atom. The normalized spacial score (nSPS) is 21.8. The number of rotatable bonds is 8. The molecule has 3 aromatic heterocycles. The van der Waals surface area contributed by atoms with Crippen LogP contribution >= 0.6 is 22.9 Å². The molecule has 0 radical (unpaired) electrons. The Bertz CT molecular complexity index is 1680. The highest BCUT2D eigenvalue weighted by atomic mass is 35.5. The largest absolute Gasteiger partial charge is 0.462 e. The standard InChI is InChI=1S/C31H31ClN4O5S/c1-3-38-30(37)25-15-23-29(42-25)34-27(36(23)17-21-11-14-39-21)18-35-12-9-19(10-13-35)22-5-4-6-24-28(22)41-31(2,40-24)26-8-7-20(32)16-33-26/h4-9,15-16,21H,3,10-14,17-18H2,1-2H3/t21-,31-/m0/s1. The lowest BCUT2D eigenvalue weighted by Gasteiger charge is -2.29. The molecule has 3 aliphatic rings. The van der Waals surface area contributed by atoms with E-state index in [0.717, 1.165) is 66.6 Å². The van der Waals surface area contributed by atoms with Gasteiger partial charge in [-0.1, -0.05) is 29.8 Å². The van der Waals surface area contributed by atoms with E-state index in [1.807, 2.05) is 38.1 Å². The molecule has 4 aromatic rings. The van der Waals surface area contributed by atoms with Crippen molar-refractivity contribution < 1.29 is 23.7 Å². The Labute approximate surface area is 252 Å². The van der Waals surface area contributed by atoms with Gasteiger partial charge in [0.05, 0.1) is 36.3 Å². The smallest absolute Gasteiger partial charge is 0.348 e. The lowest BCUT2D eigenvalue weighted by atomic mass is 9.98. The molecule has 0 N–H and O–H groups in total. The third-order valence-corrected chi connectivity index (χ3v) is 9.18. The van der Waals surface area contributed by atoms with E-state index in [-0.39, 0.29) is 12.1 Å². The Morgan fingerprint density at radius 1 is 1.26 bits per heavy atom. The topological polar surface area (TPSA) is 87.9 Å². The number of para-hydroxylation sites is 1. The van der Waals surface area contributed by atoms with Crippen molar-refractivity contribution in [2.75, 3.05) is 26.3 Å². The number of imidazole rings is 1. The summed E-state index contributed by atoms with van der Waals surface area (Å²) in [6.07, 6.45) is 5.94. The van der Waals surface area contributed by atoms with Crippen molar-refractivity contribution in [3.05, 3.63) is 75.7 Å². The molecule has 3 aliphatic heterocycles. The van der Waals surface area contributed by atoms with Gasteiger partial charge < -0.3 is 23.5 Å². The summed E-state index contributed by atoms with van der Waals surface area (Å²) in [4.78, 5) is 25.6. The first-order valence-corrected chi connectivity index (χ1v) is 15.4. The maximum Gasteiger partial charge on any atom is 0.348 e. The second-order valence-corrected chi connectivity index (χ2v) is 12.3. The van der Waals surface area contributed by atoms with Gasteiger partial charge in [-0.05, 0) is 49.6 Å². The molecule has 1 fully saturated rings. The van der Waals surface area contributed by atoms with Crippen LogP contribution in [0.5, 0.6) is 11.5 Å². The van der Waals surface area contributed by atoms with E-state index in [9.17, 15) is 4.79 Å². The van der Waals surface area contributed by atoms with Gasteiger partial charge in [-0.15, -0.1) is 11.3 Å². The highest BCUT2D eigenvalue weighted by Crippen LogP contribution is 2.48. The summed E-state index contributed by atoms with van der Waals surface area (Å²) in [5.41, 5.74) is 3.90. The number of carbonyl (C=O) groups excluding carboxylic acids is 1. The molecule has 0 unspecified atom stereocenters. The predicted octanol–water partition coefficient (Wildman–Crippen LogP) is 6.05. The van der Waals surface area contributed by atoms with Crippen LogP contribution in [0.15, 0.2) is 48.7 Å². The van der Waals surface area contributed by atoms with E-state index in [0.29, 0.717) is 34.5 Å². The molecule has 0 bridgehead atoms. The van der Waals surface area contributed by atoms with E-state index in [1.165, 1.54) is 16.9 Å². The minimum absolute atomic E-state index is 0.177. The number of esters is 1. The maximum atomic E-state index is 12.3. The predicted molar refractivity (Wildman–Crippen MR) is 160 cm³/mol. The molecule has 9 nitrogen and oxygen atoms in total.